The molecule has 138 valence electrons. The fourth-order valence-corrected chi connectivity index (χ4v) is 3.87. The molecule has 1 saturated heterocycles. The Labute approximate surface area is 163 Å². The molecule has 5 nitrogen and oxygen atoms in total. The monoisotopic (exact) mass is 437 g/mol. The molecule has 0 saturated carbocycles. The maximum atomic E-state index is 12.6. The van der Waals surface area contributed by atoms with Crippen molar-refractivity contribution >= 4 is 44.2 Å². The van der Waals surface area contributed by atoms with E-state index in [4.69, 9.17) is 9.31 Å². The van der Waals surface area contributed by atoms with Crippen molar-refractivity contribution in [2.45, 2.75) is 43.8 Å². The first-order valence-electron chi connectivity index (χ1n) is 8.24. The number of halogens is 1. The van der Waals surface area contributed by atoms with E-state index in [0.717, 1.165) is 9.94 Å². The lowest BCUT2D eigenvalue weighted by molar-refractivity contribution is 0.00578. The highest BCUT2D eigenvalue weighted by molar-refractivity contribution is 9.10. The largest absolute Gasteiger partial charge is 0.494 e. The van der Waals surface area contributed by atoms with Crippen molar-refractivity contribution in [1.82, 2.24) is 0 Å². The molecule has 0 atom stereocenters. The maximum absolute atomic E-state index is 12.6. The van der Waals surface area contributed by atoms with Gasteiger partial charge < -0.3 is 9.31 Å². The molecule has 1 N–H and O–H groups in total. The molecule has 0 amide bonds. The van der Waals surface area contributed by atoms with Crippen LogP contribution in [0.5, 0.6) is 0 Å². The van der Waals surface area contributed by atoms with Crippen LogP contribution in [-0.4, -0.2) is 26.7 Å². The van der Waals surface area contributed by atoms with Gasteiger partial charge in [-0.1, -0.05) is 28.1 Å². The molecule has 2 aromatic rings. The Bertz CT molecular complexity index is 897. The first kappa shape index (κ1) is 19.4. The van der Waals surface area contributed by atoms with Gasteiger partial charge in [0, 0.05) is 10.2 Å². The van der Waals surface area contributed by atoms with E-state index in [0.29, 0.717) is 5.69 Å². The summed E-state index contributed by atoms with van der Waals surface area (Å²) in [5.74, 6) is 0. The third-order valence-electron chi connectivity index (χ3n) is 4.79. The Morgan fingerprint density at radius 2 is 1.54 bits per heavy atom. The van der Waals surface area contributed by atoms with Crippen molar-refractivity contribution in [3.05, 3.63) is 53.0 Å². The summed E-state index contributed by atoms with van der Waals surface area (Å²) in [7, 11) is -4.21. The van der Waals surface area contributed by atoms with Gasteiger partial charge in [0.25, 0.3) is 10.0 Å². The third kappa shape index (κ3) is 3.83. The van der Waals surface area contributed by atoms with Crippen molar-refractivity contribution in [3.8, 4) is 0 Å². The standard InChI is InChI=1S/C18H21BBrNO4S/c1-17(2)18(3,4)25-19(24-17)13-6-5-7-15(12-13)21-26(22,23)16-10-8-14(20)9-11-16/h5-12,21H,1-4H3. The summed E-state index contributed by atoms with van der Waals surface area (Å²) in [5, 5.41) is 0. The average molecular weight is 438 g/mol. The smallest absolute Gasteiger partial charge is 0.399 e. The van der Waals surface area contributed by atoms with Gasteiger partial charge in [-0.2, -0.15) is 0 Å². The predicted molar refractivity (Wildman–Crippen MR) is 107 cm³/mol. The van der Waals surface area contributed by atoms with Crippen LogP contribution in [0.1, 0.15) is 27.7 Å². The van der Waals surface area contributed by atoms with E-state index in [1.165, 1.54) is 0 Å². The molecule has 0 bridgehead atoms. The van der Waals surface area contributed by atoms with E-state index in [2.05, 4.69) is 20.7 Å². The van der Waals surface area contributed by atoms with Crippen molar-refractivity contribution in [2.75, 3.05) is 4.72 Å². The van der Waals surface area contributed by atoms with E-state index in [1.807, 2.05) is 33.8 Å². The second-order valence-corrected chi connectivity index (χ2v) is 9.87. The molecule has 26 heavy (non-hydrogen) atoms. The van der Waals surface area contributed by atoms with Crippen LogP contribution in [-0.2, 0) is 19.3 Å². The van der Waals surface area contributed by atoms with Gasteiger partial charge in [0.1, 0.15) is 0 Å². The molecule has 0 aromatic heterocycles. The number of hydrogen-bond acceptors (Lipinski definition) is 4. The van der Waals surface area contributed by atoms with E-state index < -0.39 is 28.3 Å². The summed E-state index contributed by atoms with van der Waals surface area (Å²) in [6, 6.07) is 13.5. The summed E-state index contributed by atoms with van der Waals surface area (Å²) < 4.78 is 40.6. The number of nitrogens with one attached hydrogen (secondary N) is 1. The maximum Gasteiger partial charge on any atom is 0.494 e. The first-order chi connectivity index (χ1) is 12.0. The van der Waals surface area contributed by atoms with E-state index in [-0.39, 0.29) is 4.90 Å². The quantitative estimate of drug-likeness (QED) is 0.742. The van der Waals surface area contributed by atoms with Crippen LogP contribution in [0, 0.1) is 0 Å². The minimum Gasteiger partial charge on any atom is -0.399 e. The van der Waals surface area contributed by atoms with Crippen LogP contribution in [0.2, 0.25) is 0 Å². The zero-order chi connectivity index (χ0) is 19.2. The molecule has 1 heterocycles. The zero-order valence-electron chi connectivity index (χ0n) is 15.1. The molecule has 1 fully saturated rings. The molecular weight excluding hydrogens is 417 g/mol. The number of sulfonamides is 1. The molecule has 1 aliphatic heterocycles. The van der Waals surface area contributed by atoms with E-state index in [1.54, 1.807) is 42.5 Å². The predicted octanol–water partition coefficient (Wildman–Crippen LogP) is 3.55. The first-order valence-corrected chi connectivity index (χ1v) is 10.5. The van der Waals surface area contributed by atoms with Gasteiger partial charge >= 0.3 is 7.12 Å². The van der Waals surface area contributed by atoms with Gasteiger partial charge in [0.2, 0.25) is 0 Å². The topological polar surface area (TPSA) is 64.6 Å². The van der Waals surface area contributed by atoms with Crippen LogP contribution in [0.4, 0.5) is 5.69 Å². The molecular formula is C18H21BBrNO4S. The Morgan fingerprint density at radius 1 is 0.962 bits per heavy atom. The number of hydrogen-bond donors (Lipinski definition) is 1. The fraction of sp³-hybridized carbons (Fsp3) is 0.333. The second kappa shape index (κ2) is 6.67. The average Bonchev–Trinajstić information content (AvgIpc) is 2.76. The lowest BCUT2D eigenvalue weighted by atomic mass is 9.79. The molecule has 0 aliphatic carbocycles. The number of anilines is 1. The van der Waals surface area contributed by atoms with Gasteiger partial charge in [-0.25, -0.2) is 8.42 Å². The summed E-state index contributed by atoms with van der Waals surface area (Å²) in [4.78, 5) is 0.196. The van der Waals surface area contributed by atoms with E-state index >= 15 is 0 Å². The molecule has 1 aliphatic rings. The SMILES string of the molecule is CC1(C)OB(c2cccc(NS(=O)(=O)c3ccc(Br)cc3)c2)OC1(C)C. The summed E-state index contributed by atoms with van der Waals surface area (Å²) in [5.41, 5.74) is 0.314. The normalized spacial score (nSPS) is 18.7. The Balaban J connectivity index is 1.83. The highest BCUT2D eigenvalue weighted by atomic mass is 79.9. The van der Waals surface area contributed by atoms with Crippen molar-refractivity contribution in [2.24, 2.45) is 0 Å². The van der Waals surface area contributed by atoms with Crippen LogP contribution in [0.25, 0.3) is 0 Å². The third-order valence-corrected chi connectivity index (χ3v) is 6.71. The molecule has 2 aromatic carbocycles. The van der Waals surface area contributed by atoms with Gasteiger partial charge in [-0.3, -0.25) is 4.72 Å². The molecule has 0 radical (unpaired) electrons. The molecule has 0 unspecified atom stereocenters. The fourth-order valence-electron chi connectivity index (χ4n) is 2.56. The molecule has 0 spiro atoms. The second-order valence-electron chi connectivity index (χ2n) is 7.27. The number of rotatable bonds is 4. The van der Waals surface area contributed by atoms with Crippen molar-refractivity contribution in [3.63, 3.8) is 0 Å². The van der Waals surface area contributed by atoms with Gasteiger partial charge in [-0.15, -0.1) is 0 Å². The lowest BCUT2D eigenvalue weighted by Gasteiger charge is -2.32. The minimum atomic E-state index is -3.67. The van der Waals surface area contributed by atoms with Crippen LogP contribution in [0.3, 0.4) is 0 Å². The number of benzene rings is 2. The molecule has 8 heteroatoms. The van der Waals surface area contributed by atoms with Gasteiger partial charge in [0.15, 0.2) is 0 Å². The van der Waals surface area contributed by atoms with Gasteiger partial charge in [0.05, 0.1) is 16.1 Å². The van der Waals surface area contributed by atoms with Crippen LogP contribution < -0.4 is 10.2 Å². The summed E-state index contributed by atoms with van der Waals surface area (Å²) in [6.07, 6.45) is 0. The lowest BCUT2D eigenvalue weighted by Crippen LogP contribution is -2.41. The molecule has 3 rings (SSSR count). The zero-order valence-corrected chi connectivity index (χ0v) is 17.5. The summed E-state index contributed by atoms with van der Waals surface area (Å²) >= 11 is 3.30. The Morgan fingerprint density at radius 3 is 2.12 bits per heavy atom. The highest BCUT2D eigenvalue weighted by Gasteiger charge is 2.51. The van der Waals surface area contributed by atoms with Crippen molar-refractivity contribution < 1.29 is 17.7 Å². The van der Waals surface area contributed by atoms with Gasteiger partial charge in [-0.05, 0) is 69.6 Å². The van der Waals surface area contributed by atoms with Crippen LogP contribution in [0.15, 0.2) is 57.9 Å². The van der Waals surface area contributed by atoms with Crippen molar-refractivity contribution in [1.29, 1.82) is 0 Å². The highest BCUT2D eigenvalue weighted by Crippen LogP contribution is 2.36. The van der Waals surface area contributed by atoms with Crippen LogP contribution >= 0.6 is 15.9 Å². The minimum absolute atomic E-state index is 0.196. The summed E-state index contributed by atoms with van der Waals surface area (Å²) in [6.45, 7) is 7.92. The Kier molecular flexibility index (Phi) is 4.98. The Hall–Kier alpha value is -1.35. The van der Waals surface area contributed by atoms with E-state index in [9.17, 15) is 8.42 Å².